The van der Waals surface area contributed by atoms with Gasteiger partial charge in [-0.05, 0) is 29.7 Å². The summed E-state index contributed by atoms with van der Waals surface area (Å²) >= 11 is 0. The van der Waals surface area contributed by atoms with Crippen LogP contribution in [0, 0.1) is 5.92 Å². The van der Waals surface area contributed by atoms with Gasteiger partial charge in [0.05, 0.1) is 0 Å². The average molecular weight is 234 g/mol. The zero-order valence-electron chi connectivity index (χ0n) is 11.2. The van der Waals surface area contributed by atoms with Crippen LogP contribution in [0.15, 0.2) is 30.8 Å². The van der Waals surface area contributed by atoms with Crippen molar-refractivity contribution < 1.29 is 9.47 Å². The van der Waals surface area contributed by atoms with Gasteiger partial charge in [0, 0.05) is 13.0 Å². The van der Waals surface area contributed by atoms with E-state index in [9.17, 15) is 0 Å². The average Bonchev–Trinajstić information content (AvgIpc) is 2.35. The van der Waals surface area contributed by atoms with Gasteiger partial charge in [0.1, 0.15) is 5.75 Å². The van der Waals surface area contributed by atoms with E-state index in [-0.39, 0.29) is 6.29 Å². The Morgan fingerprint density at radius 3 is 2.24 bits per heavy atom. The van der Waals surface area contributed by atoms with Gasteiger partial charge in [-0.3, -0.25) is 0 Å². The Bertz CT molecular complexity index is 352. The molecule has 0 heterocycles. The van der Waals surface area contributed by atoms with Crippen LogP contribution in [0.1, 0.15) is 32.8 Å². The molecule has 0 saturated carbocycles. The molecule has 1 aromatic rings. The van der Waals surface area contributed by atoms with E-state index in [4.69, 9.17) is 9.47 Å². The molecule has 0 aliphatic heterocycles. The number of hydrogen-bond acceptors (Lipinski definition) is 2. The van der Waals surface area contributed by atoms with Gasteiger partial charge in [-0.15, -0.1) is 0 Å². The number of allylic oxidation sites excluding steroid dienone is 1. The quantitative estimate of drug-likeness (QED) is 0.689. The van der Waals surface area contributed by atoms with Crippen LogP contribution in [-0.2, 0) is 4.74 Å². The fraction of sp³-hybridized carbons (Fsp3) is 0.467. The van der Waals surface area contributed by atoms with E-state index in [2.05, 4.69) is 27.4 Å². The lowest BCUT2D eigenvalue weighted by molar-refractivity contribution is -0.0833. The minimum Gasteiger partial charge on any atom is -0.465 e. The van der Waals surface area contributed by atoms with Crippen LogP contribution in [0.4, 0.5) is 0 Å². The van der Waals surface area contributed by atoms with E-state index in [0.29, 0.717) is 5.92 Å². The first-order valence-corrected chi connectivity index (χ1v) is 6.06. The van der Waals surface area contributed by atoms with Gasteiger partial charge in [-0.1, -0.05) is 39.5 Å². The van der Waals surface area contributed by atoms with Crippen molar-refractivity contribution in [1.82, 2.24) is 0 Å². The summed E-state index contributed by atoms with van der Waals surface area (Å²) < 4.78 is 11.0. The molecule has 0 radical (unpaired) electrons. The summed E-state index contributed by atoms with van der Waals surface area (Å²) in [6.45, 7) is 10.3. The lowest BCUT2D eigenvalue weighted by atomic mass is 10.1. The van der Waals surface area contributed by atoms with Gasteiger partial charge in [0.15, 0.2) is 0 Å². The Hall–Kier alpha value is -1.28. The van der Waals surface area contributed by atoms with Crippen LogP contribution in [0.25, 0.3) is 5.57 Å². The maximum Gasteiger partial charge on any atom is 0.201 e. The minimum absolute atomic E-state index is 0.199. The number of rotatable bonds is 6. The molecule has 1 aromatic carbocycles. The van der Waals surface area contributed by atoms with Gasteiger partial charge in [-0.25, -0.2) is 0 Å². The Labute approximate surface area is 104 Å². The zero-order chi connectivity index (χ0) is 12.8. The molecule has 0 spiro atoms. The molecule has 0 bridgehead atoms. The second-order valence-corrected chi connectivity index (χ2v) is 4.45. The number of methoxy groups -OCH3 is 1. The largest absolute Gasteiger partial charge is 0.465 e. The molecule has 0 N–H and O–H groups in total. The fourth-order valence-electron chi connectivity index (χ4n) is 1.56. The van der Waals surface area contributed by atoms with Gasteiger partial charge in [0.2, 0.25) is 6.29 Å². The molecule has 1 unspecified atom stereocenters. The highest BCUT2D eigenvalue weighted by molar-refractivity contribution is 5.63. The topological polar surface area (TPSA) is 18.5 Å². The summed E-state index contributed by atoms with van der Waals surface area (Å²) in [5, 5.41) is 0. The third-order valence-corrected chi connectivity index (χ3v) is 2.72. The highest BCUT2D eigenvalue weighted by Gasteiger charge is 2.13. The van der Waals surface area contributed by atoms with Crippen LogP contribution >= 0.6 is 0 Å². The second-order valence-electron chi connectivity index (χ2n) is 4.45. The second kappa shape index (κ2) is 6.45. The molecule has 0 saturated heterocycles. The van der Waals surface area contributed by atoms with E-state index in [0.717, 1.165) is 17.7 Å². The molecular formula is C15H22O2. The van der Waals surface area contributed by atoms with Crippen LogP contribution in [0.2, 0.25) is 0 Å². The smallest absolute Gasteiger partial charge is 0.201 e. The Balaban J connectivity index is 2.71. The summed E-state index contributed by atoms with van der Waals surface area (Å²) in [7, 11) is 1.66. The van der Waals surface area contributed by atoms with E-state index in [1.165, 1.54) is 5.56 Å². The molecule has 0 aromatic heterocycles. The van der Waals surface area contributed by atoms with Gasteiger partial charge < -0.3 is 9.47 Å². The SMILES string of the molecule is C=C(CC)c1ccc(OC(OC)C(C)C)cc1. The third-order valence-electron chi connectivity index (χ3n) is 2.72. The minimum atomic E-state index is -0.199. The van der Waals surface area contributed by atoms with E-state index < -0.39 is 0 Å². The Morgan fingerprint density at radius 1 is 1.24 bits per heavy atom. The van der Waals surface area contributed by atoms with Crippen LogP contribution < -0.4 is 4.74 Å². The summed E-state index contributed by atoms with van der Waals surface area (Å²) in [4.78, 5) is 0. The van der Waals surface area contributed by atoms with Crippen molar-refractivity contribution in [3.8, 4) is 5.75 Å². The zero-order valence-corrected chi connectivity index (χ0v) is 11.2. The highest BCUT2D eigenvalue weighted by atomic mass is 16.7. The van der Waals surface area contributed by atoms with Gasteiger partial charge >= 0.3 is 0 Å². The fourth-order valence-corrected chi connectivity index (χ4v) is 1.56. The molecule has 2 heteroatoms. The van der Waals surface area contributed by atoms with Crippen molar-refractivity contribution in [3.63, 3.8) is 0 Å². The number of ether oxygens (including phenoxy) is 2. The van der Waals surface area contributed by atoms with E-state index in [1.54, 1.807) is 7.11 Å². The Kier molecular flexibility index (Phi) is 5.23. The first-order chi connectivity index (χ1) is 8.08. The first kappa shape index (κ1) is 13.8. The standard InChI is InChI=1S/C15H22O2/c1-6-12(4)13-7-9-14(10-8-13)17-15(16-5)11(2)3/h7-11,15H,4,6H2,1-3,5H3. The van der Waals surface area contributed by atoms with Crippen molar-refractivity contribution in [2.45, 2.75) is 33.5 Å². The lowest BCUT2D eigenvalue weighted by Gasteiger charge is -2.20. The van der Waals surface area contributed by atoms with Crippen molar-refractivity contribution in [2.75, 3.05) is 7.11 Å². The van der Waals surface area contributed by atoms with Crippen molar-refractivity contribution in [2.24, 2.45) is 5.92 Å². The first-order valence-electron chi connectivity index (χ1n) is 6.06. The predicted molar refractivity (Wildman–Crippen MR) is 72.0 cm³/mol. The third kappa shape index (κ3) is 3.90. The summed E-state index contributed by atoms with van der Waals surface area (Å²) in [6, 6.07) is 8.00. The summed E-state index contributed by atoms with van der Waals surface area (Å²) in [5.74, 6) is 1.16. The summed E-state index contributed by atoms with van der Waals surface area (Å²) in [6.07, 6.45) is 0.766. The molecule has 0 fully saturated rings. The molecule has 1 rings (SSSR count). The number of hydrogen-bond donors (Lipinski definition) is 0. The molecule has 0 aliphatic carbocycles. The normalized spacial score (nSPS) is 12.5. The molecule has 17 heavy (non-hydrogen) atoms. The Morgan fingerprint density at radius 2 is 1.82 bits per heavy atom. The molecule has 0 amide bonds. The molecule has 1 atom stereocenters. The van der Waals surface area contributed by atoms with E-state index >= 15 is 0 Å². The molecular weight excluding hydrogens is 212 g/mol. The summed E-state index contributed by atoms with van der Waals surface area (Å²) in [5.41, 5.74) is 2.31. The lowest BCUT2D eigenvalue weighted by Crippen LogP contribution is -2.24. The van der Waals surface area contributed by atoms with Crippen molar-refractivity contribution in [3.05, 3.63) is 36.4 Å². The van der Waals surface area contributed by atoms with Crippen LogP contribution in [0.5, 0.6) is 5.75 Å². The van der Waals surface area contributed by atoms with E-state index in [1.807, 2.05) is 24.3 Å². The van der Waals surface area contributed by atoms with Gasteiger partial charge in [-0.2, -0.15) is 0 Å². The van der Waals surface area contributed by atoms with Crippen molar-refractivity contribution in [1.29, 1.82) is 0 Å². The van der Waals surface area contributed by atoms with Crippen LogP contribution in [0.3, 0.4) is 0 Å². The number of benzene rings is 1. The molecule has 94 valence electrons. The van der Waals surface area contributed by atoms with Crippen LogP contribution in [-0.4, -0.2) is 13.4 Å². The predicted octanol–water partition coefficient (Wildman–Crippen LogP) is 4.12. The van der Waals surface area contributed by atoms with Crippen molar-refractivity contribution >= 4 is 5.57 Å². The maximum atomic E-state index is 5.74. The monoisotopic (exact) mass is 234 g/mol. The highest BCUT2D eigenvalue weighted by Crippen LogP contribution is 2.21. The van der Waals surface area contributed by atoms with Gasteiger partial charge in [0.25, 0.3) is 0 Å². The maximum absolute atomic E-state index is 5.74. The molecule has 2 nitrogen and oxygen atoms in total. The molecule has 0 aliphatic rings.